The summed E-state index contributed by atoms with van der Waals surface area (Å²) < 4.78 is 14.1. The molecule has 5 nitrogen and oxygen atoms in total. The molecule has 2 atom stereocenters. The topological polar surface area (TPSA) is 66.6 Å². The molecule has 1 aromatic carbocycles. The Labute approximate surface area is 135 Å². The van der Waals surface area contributed by atoms with Gasteiger partial charge in [0, 0.05) is 32.1 Å². The third-order valence-electron chi connectivity index (χ3n) is 4.80. The number of nitrogens with zero attached hydrogens (tertiary/aromatic N) is 2. The number of rotatable bonds is 3. The van der Waals surface area contributed by atoms with Gasteiger partial charge in [-0.15, -0.1) is 0 Å². The minimum atomic E-state index is -0.424. The maximum absolute atomic E-state index is 14.1. The SMILES string of the molecule is Cc1ccc(N2CC(C(=O)N3CCCC3CN)CC2=O)c(F)c1. The van der Waals surface area contributed by atoms with Crippen molar-refractivity contribution in [1.29, 1.82) is 0 Å². The number of hydrogen-bond acceptors (Lipinski definition) is 3. The summed E-state index contributed by atoms with van der Waals surface area (Å²) in [7, 11) is 0. The number of benzene rings is 1. The zero-order chi connectivity index (χ0) is 16.6. The van der Waals surface area contributed by atoms with Crippen LogP contribution in [0.15, 0.2) is 18.2 Å². The fraction of sp³-hybridized carbons (Fsp3) is 0.529. The van der Waals surface area contributed by atoms with Gasteiger partial charge in [-0.3, -0.25) is 9.59 Å². The third-order valence-corrected chi connectivity index (χ3v) is 4.80. The molecule has 0 spiro atoms. The van der Waals surface area contributed by atoms with Gasteiger partial charge in [0.1, 0.15) is 5.82 Å². The highest BCUT2D eigenvalue weighted by Gasteiger charge is 2.40. The summed E-state index contributed by atoms with van der Waals surface area (Å²) in [6.45, 7) is 3.18. The van der Waals surface area contributed by atoms with Gasteiger partial charge in [0.15, 0.2) is 0 Å². The second-order valence-corrected chi connectivity index (χ2v) is 6.42. The van der Waals surface area contributed by atoms with Crippen LogP contribution >= 0.6 is 0 Å². The lowest BCUT2D eigenvalue weighted by Crippen LogP contribution is -2.43. The van der Waals surface area contributed by atoms with E-state index in [9.17, 15) is 14.0 Å². The summed E-state index contributed by atoms with van der Waals surface area (Å²) in [6, 6.07) is 4.85. The fourth-order valence-corrected chi connectivity index (χ4v) is 3.54. The van der Waals surface area contributed by atoms with Gasteiger partial charge in [-0.25, -0.2) is 4.39 Å². The van der Waals surface area contributed by atoms with E-state index in [1.807, 2.05) is 0 Å². The maximum Gasteiger partial charge on any atom is 0.228 e. The van der Waals surface area contributed by atoms with E-state index < -0.39 is 11.7 Å². The van der Waals surface area contributed by atoms with Crippen molar-refractivity contribution in [2.24, 2.45) is 11.7 Å². The molecule has 0 bridgehead atoms. The maximum atomic E-state index is 14.1. The molecule has 124 valence electrons. The van der Waals surface area contributed by atoms with Crippen LogP contribution < -0.4 is 10.6 Å². The molecule has 0 radical (unpaired) electrons. The van der Waals surface area contributed by atoms with E-state index in [0.29, 0.717) is 13.1 Å². The minimum absolute atomic E-state index is 0.0266. The fourth-order valence-electron chi connectivity index (χ4n) is 3.54. The molecule has 1 aromatic rings. The quantitative estimate of drug-likeness (QED) is 0.917. The standard InChI is InChI=1S/C17H22FN3O2/c1-11-4-5-15(14(18)7-11)21-10-12(8-16(21)22)17(23)20-6-2-3-13(20)9-19/h4-5,7,12-13H,2-3,6,8-10,19H2,1H3. The number of amides is 2. The van der Waals surface area contributed by atoms with E-state index in [-0.39, 0.29) is 36.5 Å². The van der Waals surface area contributed by atoms with E-state index in [4.69, 9.17) is 5.73 Å². The highest BCUT2D eigenvalue weighted by molar-refractivity contribution is 6.00. The summed E-state index contributed by atoms with van der Waals surface area (Å²) in [5.74, 6) is -1.06. The van der Waals surface area contributed by atoms with Crippen molar-refractivity contribution < 1.29 is 14.0 Å². The number of carbonyl (C=O) groups excluding carboxylic acids is 2. The molecule has 2 fully saturated rings. The van der Waals surface area contributed by atoms with Crippen molar-refractivity contribution in [2.75, 3.05) is 24.5 Å². The van der Waals surface area contributed by atoms with Gasteiger partial charge in [-0.1, -0.05) is 6.07 Å². The first-order chi connectivity index (χ1) is 11.0. The Balaban J connectivity index is 1.75. The normalized spacial score (nSPS) is 24.6. The Morgan fingerprint density at radius 1 is 1.43 bits per heavy atom. The number of likely N-dealkylation sites (tertiary alicyclic amines) is 1. The molecule has 0 aliphatic carbocycles. The van der Waals surface area contributed by atoms with Gasteiger partial charge in [0.25, 0.3) is 0 Å². The predicted molar refractivity (Wildman–Crippen MR) is 85.4 cm³/mol. The number of halogens is 1. The van der Waals surface area contributed by atoms with Gasteiger partial charge in [0.05, 0.1) is 11.6 Å². The Hall–Kier alpha value is -1.95. The molecule has 6 heteroatoms. The van der Waals surface area contributed by atoms with Gasteiger partial charge in [0.2, 0.25) is 11.8 Å². The Kier molecular flexibility index (Phi) is 4.35. The molecule has 0 aromatic heterocycles. The second-order valence-electron chi connectivity index (χ2n) is 6.42. The largest absolute Gasteiger partial charge is 0.338 e. The number of anilines is 1. The summed E-state index contributed by atoms with van der Waals surface area (Å²) in [4.78, 5) is 28.1. The monoisotopic (exact) mass is 319 g/mol. The lowest BCUT2D eigenvalue weighted by atomic mass is 10.1. The van der Waals surface area contributed by atoms with Gasteiger partial charge in [-0.05, 0) is 37.5 Å². The van der Waals surface area contributed by atoms with Crippen molar-refractivity contribution >= 4 is 17.5 Å². The van der Waals surface area contributed by atoms with Crippen molar-refractivity contribution in [3.8, 4) is 0 Å². The predicted octanol–water partition coefficient (Wildman–Crippen LogP) is 1.44. The molecule has 2 saturated heterocycles. The van der Waals surface area contributed by atoms with Crippen molar-refractivity contribution in [3.05, 3.63) is 29.6 Å². The van der Waals surface area contributed by atoms with Crippen LogP contribution in [0.1, 0.15) is 24.8 Å². The molecular weight excluding hydrogens is 297 g/mol. The lowest BCUT2D eigenvalue weighted by molar-refractivity contribution is -0.136. The van der Waals surface area contributed by atoms with Crippen molar-refractivity contribution in [3.63, 3.8) is 0 Å². The lowest BCUT2D eigenvalue weighted by Gasteiger charge is -2.26. The summed E-state index contributed by atoms with van der Waals surface area (Å²) in [5, 5.41) is 0. The first kappa shape index (κ1) is 15.9. The van der Waals surface area contributed by atoms with E-state index in [2.05, 4.69) is 0 Å². The van der Waals surface area contributed by atoms with E-state index in [0.717, 1.165) is 18.4 Å². The van der Waals surface area contributed by atoms with Crippen LogP contribution in [0, 0.1) is 18.7 Å². The number of nitrogens with two attached hydrogens (primary N) is 1. The summed E-state index contributed by atoms with van der Waals surface area (Å²) in [5.41, 5.74) is 6.78. The van der Waals surface area contributed by atoms with Crippen molar-refractivity contribution in [2.45, 2.75) is 32.2 Å². The first-order valence-corrected chi connectivity index (χ1v) is 8.08. The van der Waals surface area contributed by atoms with Gasteiger partial charge >= 0.3 is 0 Å². The Morgan fingerprint density at radius 2 is 2.22 bits per heavy atom. The molecule has 2 aliphatic rings. The number of carbonyl (C=O) groups is 2. The Bertz CT molecular complexity index is 634. The highest BCUT2D eigenvalue weighted by atomic mass is 19.1. The third kappa shape index (κ3) is 2.95. The number of aryl methyl sites for hydroxylation is 1. The van der Waals surface area contributed by atoms with Crippen LogP contribution in [0.3, 0.4) is 0 Å². The molecule has 2 N–H and O–H groups in total. The molecule has 2 heterocycles. The Morgan fingerprint density at radius 3 is 2.91 bits per heavy atom. The molecule has 2 unspecified atom stereocenters. The minimum Gasteiger partial charge on any atom is -0.338 e. The van der Waals surface area contributed by atoms with Crippen LogP contribution in [-0.4, -0.2) is 42.4 Å². The van der Waals surface area contributed by atoms with Crippen LogP contribution in [-0.2, 0) is 9.59 Å². The van der Waals surface area contributed by atoms with Gasteiger partial charge < -0.3 is 15.5 Å². The van der Waals surface area contributed by atoms with E-state index in [1.165, 1.54) is 11.0 Å². The molecule has 0 saturated carbocycles. The first-order valence-electron chi connectivity index (χ1n) is 8.08. The number of hydrogen-bond donors (Lipinski definition) is 1. The van der Waals surface area contributed by atoms with Gasteiger partial charge in [-0.2, -0.15) is 0 Å². The van der Waals surface area contributed by atoms with E-state index >= 15 is 0 Å². The van der Waals surface area contributed by atoms with E-state index in [1.54, 1.807) is 24.0 Å². The zero-order valence-electron chi connectivity index (χ0n) is 13.3. The molecule has 23 heavy (non-hydrogen) atoms. The van der Waals surface area contributed by atoms with Crippen LogP contribution in [0.4, 0.5) is 10.1 Å². The molecule has 2 aliphatic heterocycles. The highest BCUT2D eigenvalue weighted by Crippen LogP contribution is 2.30. The smallest absolute Gasteiger partial charge is 0.228 e. The molecule has 3 rings (SSSR count). The van der Waals surface area contributed by atoms with Crippen molar-refractivity contribution in [1.82, 2.24) is 4.90 Å². The molecular formula is C17H22FN3O2. The average molecular weight is 319 g/mol. The average Bonchev–Trinajstić information content (AvgIpc) is 3.13. The van der Waals surface area contributed by atoms with Crippen LogP contribution in [0.2, 0.25) is 0 Å². The van der Waals surface area contributed by atoms with Crippen LogP contribution in [0.5, 0.6) is 0 Å². The van der Waals surface area contributed by atoms with Crippen LogP contribution in [0.25, 0.3) is 0 Å². The second kappa shape index (κ2) is 6.28. The summed E-state index contributed by atoms with van der Waals surface area (Å²) >= 11 is 0. The molecule has 2 amide bonds. The summed E-state index contributed by atoms with van der Waals surface area (Å²) in [6.07, 6.45) is 2.00. The zero-order valence-corrected chi connectivity index (χ0v) is 13.3.